The van der Waals surface area contributed by atoms with Crippen LogP contribution in [-0.2, 0) is 10.0 Å². The van der Waals surface area contributed by atoms with Crippen molar-refractivity contribution in [3.05, 3.63) is 58.6 Å². The summed E-state index contributed by atoms with van der Waals surface area (Å²) in [5.41, 5.74) is 1.61. The van der Waals surface area contributed by atoms with Gasteiger partial charge in [-0.3, -0.25) is 4.79 Å². The van der Waals surface area contributed by atoms with Gasteiger partial charge in [0.1, 0.15) is 0 Å². The molecule has 7 heteroatoms. The van der Waals surface area contributed by atoms with Crippen LogP contribution in [0.4, 0.5) is 5.69 Å². The highest BCUT2D eigenvalue weighted by molar-refractivity contribution is 7.89. The molecular formula is C17H15ClN2O3S. The maximum absolute atomic E-state index is 12.4. The minimum Gasteiger partial charge on any atom is -0.322 e. The summed E-state index contributed by atoms with van der Waals surface area (Å²) >= 11 is 5.92. The molecule has 2 aromatic carbocycles. The van der Waals surface area contributed by atoms with Gasteiger partial charge in [0.25, 0.3) is 5.91 Å². The van der Waals surface area contributed by atoms with E-state index in [0.717, 1.165) is 5.56 Å². The number of benzene rings is 2. The van der Waals surface area contributed by atoms with Crippen molar-refractivity contribution in [1.82, 2.24) is 4.72 Å². The van der Waals surface area contributed by atoms with Crippen LogP contribution in [0.5, 0.6) is 0 Å². The molecule has 0 heterocycles. The van der Waals surface area contributed by atoms with E-state index in [4.69, 9.17) is 18.0 Å². The first-order valence-corrected chi connectivity index (χ1v) is 8.80. The van der Waals surface area contributed by atoms with E-state index in [-0.39, 0.29) is 17.0 Å². The van der Waals surface area contributed by atoms with Crippen LogP contribution in [0.3, 0.4) is 0 Å². The number of terminal acetylenes is 1. The lowest BCUT2D eigenvalue weighted by molar-refractivity contribution is 0.102. The normalized spacial score (nSPS) is 10.9. The zero-order valence-corrected chi connectivity index (χ0v) is 14.4. The lowest BCUT2D eigenvalue weighted by Crippen LogP contribution is -2.24. The number of carbonyl (C=O) groups excluding carboxylic acids is 1. The third kappa shape index (κ3) is 4.36. The Bertz CT molecular complexity index is 918. The summed E-state index contributed by atoms with van der Waals surface area (Å²) in [6, 6.07) is 10.8. The predicted molar refractivity (Wildman–Crippen MR) is 94.6 cm³/mol. The third-order valence-corrected chi connectivity index (χ3v) is 4.85. The lowest BCUT2D eigenvalue weighted by atomic mass is 10.1. The fourth-order valence-corrected chi connectivity index (χ4v) is 3.10. The van der Waals surface area contributed by atoms with Crippen molar-refractivity contribution >= 4 is 33.2 Å². The van der Waals surface area contributed by atoms with Crippen molar-refractivity contribution in [3.8, 4) is 12.3 Å². The Labute approximate surface area is 146 Å². The minimum absolute atomic E-state index is 0.0341. The molecule has 0 aliphatic rings. The molecule has 0 aliphatic carbocycles. The number of halogens is 1. The number of nitrogens with one attached hydrogen (secondary N) is 2. The Morgan fingerprint density at radius 3 is 2.71 bits per heavy atom. The van der Waals surface area contributed by atoms with Gasteiger partial charge in [-0.15, -0.1) is 6.42 Å². The Kier molecular flexibility index (Phi) is 5.62. The monoisotopic (exact) mass is 362 g/mol. The van der Waals surface area contributed by atoms with E-state index < -0.39 is 15.9 Å². The Morgan fingerprint density at radius 1 is 1.25 bits per heavy atom. The standard InChI is InChI=1S/C17H15ClN2O3S/c1-3-9-19-24(22,23)15-6-4-5-13(10-15)17(21)20-16-11-14(18)8-7-12(16)2/h1,4-8,10-11,19H,9H2,2H3,(H,20,21). The molecule has 1 amide bonds. The highest BCUT2D eigenvalue weighted by atomic mass is 35.5. The molecule has 0 atom stereocenters. The number of aryl methyl sites for hydroxylation is 1. The van der Waals surface area contributed by atoms with Crippen LogP contribution in [0.15, 0.2) is 47.4 Å². The van der Waals surface area contributed by atoms with Crippen LogP contribution in [0.2, 0.25) is 5.02 Å². The van der Waals surface area contributed by atoms with Gasteiger partial charge in [-0.2, -0.15) is 4.72 Å². The van der Waals surface area contributed by atoms with Crippen LogP contribution >= 0.6 is 11.6 Å². The summed E-state index contributed by atoms with van der Waals surface area (Å²) < 4.78 is 26.4. The Morgan fingerprint density at radius 2 is 2.00 bits per heavy atom. The second-order valence-corrected chi connectivity index (χ2v) is 7.17. The molecule has 0 saturated heterocycles. The van der Waals surface area contributed by atoms with Crippen LogP contribution in [-0.4, -0.2) is 20.9 Å². The third-order valence-electron chi connectivity index (χ3n) is 3.22. The fraction of sp³-hybridized carbons (Fsp3) is 0.118. The first-order chi connectivity index (χ1) is 11.3. The Balaban J connectivity index is 2.27. The first kappa shape index (κ1) is 18.0. The minimum atomic E-state index is -3.76. The zero-order valence-electron chi connectivity index (χ0n) is 12.8. The van der Waals surface area contributed by atoms with Crippen molar-refractivity contribution in [2.24, 2.45) is 0 Å². The van der Waals surface area contributed by atoms with E-state index in [0.29, 0.717) is 10.7 Å². The van der Waals surface area contributed by atoms with Crippen molar-refractivity contribution < 1.29 is 13.2 Å². The average Bonchev–Trinajstić information content (AvgIpc) is 2.56. The van der Waals surface area contributed by atoms with E-state index in [1.165, 1.54) is 24.3 Å². The SMILES string of the molecule is C#CCNS(=O)(=O)c1cccc(C(=O)Nc2cc(Cl)ccc2C)c1. The molecule has 0 aliphatic heterocycles. The predicted octanol–water partition coefficient (Wildman–Crippen LogP) is 2.81. The number of amides is 1. The summed E-state index contributed by atoms with van der Waals surface area (Å²) in [7, 11) is -3.76. The van der Waals surface area contributed by atoms with Gasteiger partial charge in [0.2, 0.25) is 10.0 Å². The summed E-state index contributed by atoms with van der Waals surface area (Å²) in [6.45, 7) is 1.71. The van der Waals surface area contributed by atoms with E-state index in [9.17, 15) is 13.2 Å². The summed E-state index contributed by atoms with van der Waals surface area (Å²) in [5, 5.41) is 3.21. The number of rotatable bonds is 5. The molecule has 5 nitrogen and oxygen atoms in total. The zero-order chi connectivity index (χ0) is 17.7. The van der Waals surface area contributed by atoms with Crippen LogP contribution in [0, 0.1) is 19.3 Å². The van der Waals surface area contributed by atoms with Gasteiger partial charge >= 0.3 is 0 Å². The van der Waals surface area contributed by atoms with Crippen molar-refractivity contribution in [2.45, 2.75) is 11.8 Å². The van der Waals surface area contributed by atoms with Gasteiger partial charge in [0.15, 0.2) is 0 Å². The Hall–Kier alpha value is -2.33. The molecule has 2 N–H and O–H groups in total. The van der Waals surface area contributed by atoms with E-state index in [2.05, 4.69) is 16.0 Å². The molecule has 124 valence electrons. The summed E-state index contributed by atoms with van der Waals surface area (Å²) in [5.74, 6) is 1.76. The molecule has 24 heavy (non-hydrogen) atoms. The van der Waals surface area contributed by atoms with Gasteiger partial charge in [0.05, 0.1) is 11.4 Å². The van der Waals surface area contributed by atoms with E-state index in [1.54, 1.807) is 18.2 Å². The molecule has 0 bridgehead atoms. The number of hydrogen-bond donors (Lipinski definition) is 2. The lowest BCUT2D eigenvalue weighted by Gasteiger charge is -2.10. The van der Waals surface area contributed by atoms with Crippen LogP contribution in [0.1, 0.15) is 15.9 Å². The molecule has 0 aromatic heterocycles. The maximum atomic E-state index is 12.4. The summed E-state index contributed by atoms with van der Waals surface area (Å²) in [6.07, 6.45) is 5.05. The highest BCUT2D eigenvalue weighted by Crippen LogP contribution is 2.21. The van der Waals surface area contributed by atoms with Crippen LogP contribution in [0.25, 0.3) is 0 Å². The van der Waals surface area contributed by atoms with E-state index in [1.807, 2.05) is 6.92 Å². The number of sulfonamides is 1. The van der Waals surface area contributed by atoms with Gasteiger partial charge in [-0.25, -0.2) is 8.42 Å². The molecule has 2 rings (SSSR count). The van der Waals surface area contributed by atoms with Crippen molar-refractivity contribution in [1.29, 1.82) is 0 Å². The molecule has 0 spiro atoms. The fourth-order valence-electron chi connectivity index (χ4n) is 1.95. The quantitative estimate of drug-likeness (QED) is 0.803. The second kappa shape index (κ2) is 7.49. The number of anilines is 1. The number of carbonyl (C=O) groups is 1. The van der Waals surface area contributed by atoms with E-state index >= 15 is 0 Å². The molecule has 0 unspecified atom stereocenters. The largest absolute Gasteiger partial charge is 0.322 e. The number of hydrogen-bond acceptors (Lipinski definition) is 3. The molecule has 0 saturated carbocycles. The molecule has 0 radical (unpaired) electrons. The highest BCUT2D eigenvalue weighted by Gasteiger charge is 2.16. The average molecular weight is 363 g/mol. The van der Waals surface area contributed by atoms with Gasteiger partial charge < -0.3 is 5.32 Å². The van der Waals surface area contributed by atoms with Crippen LogP contribution < -0.4 is 10.0 Å². The molecule has 0 fully saturated rings. The topological polar surface area (TPSA) is 75.3 Å². The maximum Gasteiger partial charge on any atom is 0.255 e. The first-order valence-electron chi connectivity index (χ1n) is 6.94. The molecule has 2 aromatic rings. The second-order valence-electron chi connectivity index (χ2n) is 4.97. The van der Waals surface area contributed by atoms with Crippen molar-refractivity contribution in [3.63, 3.8) is 0 Å². The van der Waals surface area contributed by atoms with Gasteiger partial charge in [-0.05, 0) is 42.8 Å². The van der Waals surface area contributed by atoms with Gasteiger partial charge in [-0.1, -0.05) is 29.7 Å². The van der Waals surface area contributed by atoms with Gasteiger partial charge in [0, 0.05) is 16.3 Å². The summed E-state index contributed by atoms with van der Waals surface area (Å²) in [4.78, 5) is 12.3. The van der Waals surface area contributed by atoms with Crippen molar-refractivity contribution in [2.75, 3.05) is 11.9 Å². The molecular weight excluding hydrogens is 348 g/mol. The smallest absolute Gasteiger partial charge is 0.255 e.